The van der Waals surface area contributed by atoms with E-state index in [4.69, 9.17) is 9.47 Å². The van der Waals surface area contributed by atoms with E-state index in [-0.39, 0.29) is 11.9 Å². The number of hydrogen-bond donors (Lipinski definition) is 1. The number of aryl methyl sites for hydroxylation is 1. The summed E-state index contributed by atoms with van der Waals surface area (Å²) in [5.74, 6) is 0.998. The van der Waals surface area contributed by atoms with Crippen molar-refractivity contribution in [1.82, 2.24) is 10.2 Å². The van der Waals surface area contributed by atoms with Crippen LogP contribution in [0.4, 0.5) is 4.79 Å². The first-order chi connectivity index (χ1) is 13.0. The molecule has 3 amide bonds. The van der Waals surface area contributed by atoms with Gasteiger partial charge in [0.1, 0.15) is 18.8 Å². The molecule has 2 aromatic rings. The smallest absolute Gasteiger partial charge is 0.325 e. The maximum Gasteiger partial charge on any atom is 0.325 e. The van der Waals surface area contributed by atoms with Gasteiger partial charge in [-0.15, -0.1) is 0 Å². The van der Waals surface area contributed by atoms with E-state index in [1.807, 2.05) is 31.2 Å². The summed E-state index contributed by atoms with van der Waals surface area (Å²) in [6.07, 6.45) is 0.622. The molecule has 6 heteroatoms. The second-order valence-electron chi connectivity index (χ2n) is 7.11. The van der Waals surface area contributed by atoms with Gasteiger partial charge in [-0.2, -0.15) is 0 Å². The van der Waals surface area contributed by atoms with Crippen LogP contribution in [0.15, 0.2) is 42.5 Å². The molecule has 0 bridgehead atoms. The average molecular weight is 366 g/mol. The van der Waals surface area contributed by atoms with Gasteiger partial charge in [0.25, 0.3) is 5.91 Å². The SMILES string of the molecule is Cc1ccc(CCN2C(=O)NC(C)(c3ccc4c(c3)OCCO4)C2=O)cc1. The predicted octanol–water partition coefficient (Wildman–Crippen LogP) is 2.78. The van der Waals surface area contributed by atoms with Crippen LogP contribution in [-0.2, 0) is 16.8 Å². The van der Waals surface area contributed by atoms with Crippen LogP contribution >= 0.6 is 0 Å². The number of urea groups is 1. The predicted molar refractivity (Wildman–Crippen MR) is 99.9 cm³/mol. The molecule has 0 radical (unpaired) electrons. The number of ether oxygens (including phenoxy) is 2. The monoisotopic (exact) mass is 366 g/mol. The van der Waals surface area contributed by atoms with E-state index in [1.165, 1.54) is 10.5 Å². The van der Waals surface area contributed by atoms with E-state index in [0.717, 1.165) is 5.56 Å². The van der Waals surface area contributed by atoms with Gasteiger partial charge < -0.3 is 14.8 Å². The fourth-order valence-electron chi connectivity index (χ4n) is 3.45. The Balaban J connectivity index is 1.53. The van der Waals surface area contributed by atoms with Crippen molar-refractivity contribution in [3.8, 4) is 11.5 Å². The van der Waals surface area contributed by atoms with Gasteiger partial charge in [-0.3, -0.25) is 9.69 Å². The number of fused-ring (bicyclic) bond motifs is 1. The van der Waals surface area contributed by atoms with Crippen LogP contribution in [0.2, 0.25) is 0 Å². The van der Waals surface area contributed by atoms with Crippen molar-refractivity contribution in [2.45, 2.75) is 25.8 Å². The van der Waals surface area contributed by atoms with Gasteiger partial charge in [0.2, 0.25) is 0 Å². The molecule has 1 unspecified atom stereocenters. The van der Waals surface area contributed by atoms with E-state index in [9.17, 15) is 9.59 Å². The summed E-state index contributed by atoms with van der Waals surface area (Å²) in [5.41, 5.74) is 1.84. The van der Waals surface area contributed by atoms with Crippen LogP contribution in [0.25, 0.3) is 0 Å². The number of amides is 3. The molecule has 0 spiro atoms. The van der Waals surface area contributed by atoms with Gasteiger partial charge >= 0.3 is 6.03 Å². The molecule has 27 heavy (non-hydrogen) atoms. The molecular weight excluding hydrogens is 344 g/mol. The quantitative estimate of drug-likeness (QED) is 0.845. The number of rotatable bonds is 4. The Morgan fingerprint density at radius 1 is 1.04 bits per heavy atom. The normalized spacial score (nSPS) is 21.3. The molecule has 2 aromatic carbocycles. The van der Waals surface area contributed by atoms with Crippen LogP contribution in [-0.4, -0.2) is 36.6 Å². The summed E-state index contributed by atoms with van der Waals surface area (Å²) in [7, 11) is 0. The van der Waals surface area contributed by atoms with Gasteiger partial charge in [0.05, 0.1) is 0 Å². The third-order valence-electron chi connectivity index (χ3n) is 5.14. The third-order valence-corrected chi connectivity index (χ3v) is 5.14. The molecule has 1 fully saturated rings. The maximum absolute atomic E-state index is 13.1. The van der Waals surface area contributed by atoms with Crippen molar-refractivity contribution in [2.75, 3.05) is 19.8 Å². The number of imide groups is 1. The fourth-order valence-corrected chi connectivity index (χ4v) is 3.45. The topological polar surface area (TPSA) is 67.9 Å². The standard InChI is InChI=1S/C21H22N2O4/c1-14-3-5-15(6-4-14)9-10-23-19(24)21(2,22-20(23)25)16-7-8-17-18(13-16)27-12-11-26-17/h3-8,13H,9-12H2,1-2H3,(H,22,25). The molecule has 2 heterocycles. The van der Waals surface area contributed by atoms with Crippen molar-refractivity contribution < 1.29 is 19.1 Å². The molecule has 1 saturated heterocycles. The molecule has 0 saturated carbocycles. The number of benzene rings is 2. The lowest BCUT2D eigenvalue weighted by Gasteiger charge is -2.25. The lowest BCUT2D eigenvalue weighted by atomic mass is 9.91. The lowest BCUT2D eigenvalue weighted by Crippen LogP contribution is -2.41. The average Bonchev–Trinajstić information content (AvgIpc) is 2.90. The maximum atomic E-state index is 13.1. The largest absolute Gasteiger partial charge is 0.486 e. The van der Waals surface area contributed by atoms with Crippen LogP contribution in [0.3, 0.4) is 0 Å². The van der Waals surface area contributed by atoms with E-state index in [2.05, 4.69) is 5.32 Å². The Morgan fingerprint density at radius 3 is 2.48 bits per heavy atom. The second-order valence-corrected chi connectivity index (χ2v) is 7.11. The minimum absolute atomic E-state index is 0.253. The first-order valence-corrected chi connectivity index (χ1v) is 9.07. The molecule has 0 aliphatic carbocycles. The van der Waals surface area contributed by atoms with Crippen molar-refractivity contribution in [3.05, 3.63) is 59.2 Å². The lowest BCUT2D eigenvalue weighted by molar-refractivity contribution is -0.131. The van der Waals surface area contributed by atoms with Crippen molar-refractivity contribution in [3.63, 3.8) is 0 Å². The van der Waals surface area contributed by atoms with Crippen molar-refractivity contribution in [2.24, 2.45) is 0 Å². The van der Waals surface area contributed by atoms with Gasteiger partial charge in [-0.05, 0) is 43.5 Å². The van der Waals surface area contributed by atoms with Gasteiger partial charge in [0.15, 0.2) is 11.5 Å². The minimum Gasteiger partial charge on any atom is -0.486 e. The Bertz CT molecular complexity index is 894. The molecule has 2 aliphatic rings. The molecule has 140 valence electrons. The zero-order valence-corrected chi connectivity index (χ0v) is 15.5. The van der Waals surface area contributed by atoms with Crippen LogP contribution in [0.5, 0.6) is 11.5 Å². The molecule has 1 N–H and O–H groups in total. The van der Waals surface area contributed by atoms with E-state index in [1.54, 1.807) is 25.1 Å². The molecular formula is C21H22N2O4. The highest BCUT2D eigenvalue weighted by atomic mass is 16.6. The molecule has 4 rings (SSSR count). The zero-order chi connectivity index (χ0) is 19.0. The summed E-state index contributed by atoms with van der Waals surface area (Å²) in [5, 5.41) is 2.84. The minimum atomic E-state index is -1.11. The summed E-state index contributed by atoms with van der Waals surface area (Å²) in [4.78, 5) is 26.8. The van der Waals surface area contributed by atoms with Crippen LogP contribution in [0, 0.1) is 6.92 Å². The molecule has 2 aliphatic heterocycles. The Morgan fingerprint density at radius 2 is 1.74 bits per heavy atom. The van der Waals surface area contributed by atoms with Crippen LogP contribution < -0.4 is 14.8 Å². The summed E-state index contributed by atoms with van der Waals surface area (Å²) in [6.45, 7) is 5.07. The highest BCUT2D eigenvalue weighted by Crippen LogP contribution is 2.36. The third kappa shape index (κ3) is 3.12. The van der Waals surface area contributed by atoms with Gasteiger partial charge in [-0.1, -0.05) is 35.9 Å². The number of carbonyl (C=O) groups is 2. The number of nitrogens with one attached hydrogen (secondary N) is 1. The Kier molecular flexibility index (Phi) is 4.26. The van der Waals surface area contributed by atoms with E-state index in [0.29, 0.717) is 43.2 Å². The first kappa shape index (κ1) is 17.4. The Labute approximate surface area is 158 Å². The summed E-state index contributed by atoms with van der Waals surface area (Å²) < 4.78 is 11.1. The molecule has 6 nitrogen and oxygen atoms in total. The van der Waals surface area contributed by atoms with E-state index < -0.39 is 5.54 Å². The summed E-state index contributed by atoms with van der Waals surface area (Å²) in [6, 6.07) is 13.1. The number of carbonyl (C=O) groups excluding carboxylic acids is 2. The van der Waals surface area contributed by atoms with Gasteiger partial charge in [0, 0.05) is 6.54 Å². The Hall–Kier alpha value is -3.02. The number of hydrogen-bond acceptors (Lipinski definition) is 4. The molecule has 0 aromatic heterocycles. The van der Waals surface area contributed by atoms with Gasteiger partial charge in [-0.25, -0.2) is 4.79 Å². The van der Waals surface area contributed by atoms with Crippen LogP contribution in [0.1, 0.15) is 23.6 Å². The highest BCUT2D eigenvalue weighted by Gasteiger charge is 2.49. The number of nitrogens with zero attached hydrogens (tertiary/aromatic N) is 1. The van der Waals surface area contributed by atoms with Crippen molar-refractivity contribution >= 4 is 11.9 Å². The van der Waals surface area contributed by atoms with Crippen molar-refractivity contribution in [1.29, 1.82) is 0 Å². The zero-order valence-electron chi connectivity index (χ0n) is 15.5. The fraction of sp³-hybridized carbons (Fsp3) is 0.333. The first-order valence-electron chi connectivity index (χ1n) is 9.07. The second kappa shape index (κ2) is 6.61. The molecule has 1 atom stereocenters. The summed E-state index contributed by atoms with van der Waals surface area (Å²) >= 11 is 0. The van der Waals surface area contributed by atoms with E-state index >= 15 is 0 Å². The highest BCUT2D eigenvalue weighted by molar-refractivity contribution is 6.07.